The highest BCUT2D eigenvalue weighted by molar-refractivity contribution is 6.31. The summed E-state index contributed by atoms with van der Waals surface area (Å²) in [5.74, 6) is 2.84. The van der Waals surface area contributed by atoms with Crippen LogP contribution in [0.4, 0.5) is 0 Å². The molecule has 4 aliphatic rings. The van der Waals surface area contributed by atoms with Gasteiger partial charge in [0.05, 0.1) is 0 Å². The number of carbonyl (C=O) groups excluding carboxylic acids is 1. The predicted molar refractivity (Wildman–Crippen MR) is 119 cm³/mol. The molecule has 0 aromatic carbocycles. The second-order valence-corrected chi connectivity index (χ2v) is 11.9. The molecule has 9 atom stereocenters. The van der Waals surface area contributed by atoms with Gasteiger partial charge in [0.25, 0.3) is 0 Å². The van der Waals surface area contributed by atoms with Gasteiger partial charge in [0.1, 0.15) is 0 Å². The number of fused-ring (bicyclic) bond motifs is 5. The number of carboxylic acids is 1. The maximum absolute atomic E-state index is 11.7. The van der Waals surface area contributed by atoms with Crippen LogP contribution in [0, 0.1) is 46.3 Å². The predicted octanol–water partition coefficient (Wildman–Crippen LogP) is 5.65. The molecule has 0 spiro atoms. The molecule has 0 aromatic heterocycles. The lowest BCUT2D eigenvalue weighted by Crippen LogP contribution is -2.56. The fraction of sp³-hybridized carbons (Fsp3) is 0.923. The summed E-state index contributed by atoms with van der Waals surface area (Å²) in [4.78, 5) is 22.6. The summed E-state index contributed by atoms with van der Waals surface area (Å²) >= 11 is 0. The van der Waals surface area contributed by atoms with Gasteiger partial charge >= 0.3 is 11.9 Å². The Kier molecular flexibility index (Phi) is 6.00. The monoisotopic (exact) mass is 417 g/mol. The molecule has 0 bridgehead atoms. The largest absolute Gasteiger partial charge is 0.474 e. The van der Waals surface area contributed by atoms with Gasteiger partial charge in [-0.2, -0.15) is 0 Å². The van der Waals surface area contributed by atoms with E-state index >= 15 is 0 Å². The van der Waals surface area contributed by atoms with Crippen LogP contribution < -0.4 is 5.32 Å². The average molecular weight is 418 g/mol. The van der Waals surface area contributed by atoms with Crippen molar-refractivity contribution >= 4 is 11.9 Å². The molecule has 0 aromatic rings. The van der Waals surface area contributed by atoms with Crippen molar-refractivity contribution in [2.45, 2.75) is 104 Å². The Labute approximate surface area is 183 Å². The van der Waals surface area contributed by atoms with E-state index in [4.69, 9.17) is 5.11 Å². The van der Waals surface area contributed by atoms with E-state index in [2.05, 4.69) is 33.0 Å². The number of aliphatic carboxylic acids is 1. The summed E-state index contributed by atoms with van der Waals surface area (Å²) < 4.78 is 0. The van der Waals surface area contributed by atoms with Crippen LogP contribution in [0.2, 0.25) is 0 Å². The van der Waals surface area contributed by atoms with Crippen LogP contribution in [0.3, 0.4) is 0 Å². The van der Waals surface area contributed by atoms with Gasteiger partial charge in [-0.05, 0) is 104 Å². The van der Waals surface area contributed by atoms with Gasteiger partial charge in [0, 0.05) is 6.04 Å². The quantitative estimate of drug-likeness (QED) is 0.581. The number of rotatable bonds is 4. The van der Waals surface area contributed by atoms with E-state index in [9.17, 15) is 9.59 Å². The van der Waals surface area contributed by atoms with E-state index in [0.717, 1.165) is 48.9 Å². The van der Waals surface area contributed by atoms with Gasteiger partial charge in [-0.1, -0.05) is 40.5 Å². The van der Waals surface area contributed by atoms with Crippen molar-refractivity contribution in [3.8, 4) is 0 Å². The van der Waals surface area contributed by atoms with Gasteiger partial charge in [-0.25, -0.2) is 4.79 Å². The molecular weight excluding hydrogens is 374 g/mol. The molecule has 2 N–H and O–H groups in total. The summed E-state index contributed by atoms with van der Waals surface area (Å²) in [7, 11) is 0. The Balaban J connectivity index is 1.47. The summed E-state index contributed by atoms with van der Waals surface area (Å²) in [5, 5.41) is 11.7. The fourth-order valence-corrected chi connectivity index (χ4v) is 9.27. The van der Waals surface area contributed by atoms with Crippen LogP contribution in [0.1, 0.15) is 98.3 Å². The Hall–Kier alpha value is -1.06. The molecule has 0 aliphatic heterocycles. The van der Waals surface area contributed by atoms with Crippen molar-refractivity contribution in [1.82, 2.24) is 5.32 Å². The molecule has 4 heteroatoms. The Morgan fingerprint density at radius 3 is 2.40 bits per heavy atom. The highest BCUT2D eigenvalue weighted by Crippen LogP contribution is 2.68. The maximum atomic E-state index is 11.7. The van der Waals surface area contributed by atoms with Crippen LogP contribution in [0.25, 0.3) is 0 Å². The van der Waals surface area contributed by atoms with Gasteiger partial charge in [0.15, 0.2) is 0 Å². The first-order valence-electron chi connectivity index (χ1n) is 12.7. The summed E-state index contributed by atoms with van der Waals surface area (Å²) in [6, 6.07) is 0.0443. The van der Waals surface area contributed by atoms with Gasteiger partial charge < -0.3 is 10.4 Å². The van der Waals surface area contributed by atoms with Crippen LogP contribution in [-0.2, 0) is 9.59 Å². The van der Waals surface area contributed by atoms with Gasteiger partial charge in [-0.3, -0.25) is 4.79 Å². The minimum Gasteiger partial charge on any atom is -0.474 e. The molecule has 0 radical (unpaired) electrons. The first-order chi connectivity index (χ1) is 14.2. The molecule has 4 rings (SSSR count). The Morgan fingerprint density at radius 2 is 1.70 bits per heavy atom. The standard InChI is InChI=1S/C26H43NO3/c1-5-6-16(2)20-9-10-21-19-8-7-17-15-18(27-23(28)24(29)30)11-13-25(17,3)22(19)12-14-26(20,21)4/h16-22H,5-15H2,1-4H3,(H,27,28)(H,29,30)/t16-,17?,18?,19?,20-,21?,22?,25+,26-/m1/s1. The summed E-state index contributed by atoms with van der Waals surface area (Å²) in [6.45, 7) is 10.0. The van der Waals surface area contributed by atoms with Gasteiger partial charge in [-0.15, -0.1) is 0 Å². The lowest BCUT2D eigenvalue weighted by Gasteiger charge is -2.61. The lowest BCUT2D eigenvalue weighted by molar-refractivity contribution is -0.151. The fourth-order valence-electron chi connectivity index (χ4n) is 9.27. The smallest absolute Gasteiger partial charge is 0.394 e. The molecule has 4 saturated carbocycles. The average Bonchev–Trinajstić information content (AvgIpc) is 3.05. The Bertz CT molecular complexity index is 677. The normalized spacial score (nSPS) is 46.3. The second-order valence-electron chi connectivity index (χ2n) is 11.9. The van der Waals surface area contributed by atoms with Crippen LogP contribution in [0.5, 0.6) is 0 Å². The number of carbonyl (C=O) groups is 2. The van der Waals surface area contributed by atoms with Crippen molar-refractivity contribution in [3.05, 3.63) is 0 Å². The SMILES string of the molecule is CCC[C@@H](C)[C@H]1CCC2C3CCC4CC(NC(=O)C(=O)O)CC[C@]4(C)C3CC[C@@]21C. The maximum Gasteiger partial charge on any atom is 0.394 e. The summed E-state index contributed by atoms with van der Waals surface area (Å²) in [5.41, 5.74) is 0.924. The first kappa shape index (κ1) is 22.1. The molecule has 4 aliphatic carbocycles. The number of carboxylic acid groups (broad SMARTS) is 1. The number of hydrogen-bond acceptors (Lipinski definition) is 2. The van der Waals surface area contributed by atoms with Crippen LogP contribution in [0.15, 0.2) is 0 Å². The Morgan fingerprint density at radius 1 is 1.00 bits per heavy atom. The lowest BCUT2D eigenvalue weighted by atomic mass is 9.44. The minimum atomic E-state index is -1.35. The molecule has 30 heavy (non-hydrogen) atoms. The van der Waals surface area contributed by atoms with E-state index in [-0.39, 0.29) is 6.04 Å². The zero-order valence-electron chi connectivity index (χ0n) is 19.6. The zero-order valence-corrected chi connectivity index (χ0v) is 19.6. The van der Waals surface area contributed by atoms with Gasteiger partial charge in [0.2, 0.25) is 0 Å². The topological polar surface area (TPSA) is 66.4 Å². The molecule has 5 unspecified atom stereocenters. The molecular formula is C26H43NO3. The first-order valence-corrected chi connectivity index (χ1v) is 12.7. The third-order valence-corrected chi connectivity index (χ3v) is 10.7. The molecule has 4 nitrogen and oxygen atoms in total. The van der Waals surface area contributed by atoms with Crippen molar-refractivity contribution < 1.29 is 14.7 Å². The number of hydrogen-bond donors (Lipinski definition) is 2. The van der Waals surface area contributed by atoms with E-state index in [1.54, 1.807) is 0 Å². The summed E-state index contributed by atoms with van der Waals surface area (Å²) in [6.07, 6.45) is 14.0. The number of amides is 1. The van der Waals surface area contributed by atoms with Crippen molar-refractivity contribution in [1.29, 1.82) is 0 Å². The van der Waals surface area contributed by atoms with E-state index in [1.807, 2.05) is 0 Å². The van der Waals surface area contributed by atoms with Crippen LogP contribution >= 0.6 is 0 Å². The van der Waals surface area contributed by atoms with Crippen LogP contribution in [-0.4, -0.2) is 23.0 Å². The molecule has 0 saturated heterocycles. The third kappa shape index (κ3) is 3.50. The van der Waals surface area contributed by atoms with E-state index < -0.39 is 11.9 Å². The third-order valence-electron chi connectivity index (χ3n) is 10.7. The van der Waals surface area contributed by atoms with E-state index in [1.165, 1.54) is 51.4 Å². The molecule has 1 amide bonds. The second kappa shape index (κ2) is 8.13. The highest BCUT2D eigenvalue weighted by Gasteiger charge is 2.60. The number of nitrogens with one attached hydrogen (secondary N) is 1. The van der Waals surface area contributed by atoms with Crippen molar-refractivity contribution in [2.24, 2.45) is 46.3 Å². The van der Waals surface area contributed by atoms with Crippen molar-refractivity contribution in [2.75, 3.05) is 0 Å². The molecule has 4 fully saturated rings. The highest BCUT2D eigenvalue weighted by atomic mass is 16.4. The van der Waals surface area contributed by atoms with E-state index in [0.29, 0.717) is 16.7 Å². The molecule has 0 heterocycles. The zero-order chi connectivity index (χ0) is 21.7. The molecule has 170 valence electrons. The minimum absolute atomic E-state index is 0.0443. The van der Waals surface area contributed by atoms with Crippen molar-refractivity contribution in [3.63, 3.8) is 0 Å².